The maximum Gasteiger partial charge on any atom is 0.279 e. The lowest BCUT2D eigenvalue weighted by Gasteiger charge is -2.20. The number of carbonyl (C=O) groups is 2. The van der Waals surface area contributed by atoms with Gasteiger partial charge in [0, 0.05) is 23.8 Å². The fourth-order valence-electron chi connectivity index (χ4n) is 2.02. The van der Waals surface area contributed by atoms with E-state index in [2.05, 4.69) is 5.32 Å². The first-order chi connectivity index (χ1) is 9.96. The maximum absolute atomic E-state index is 12.0. The Labute approximate surface area is 130 Å². The Morgan fingerprint density at radius 3 is 2.24 bits per heavy atom. The Morgan fingerprint density at radius 1 is 1.14 bits per heavy atom. The van der Waals surface area contributed by atoms with Crippen molar-refractivity contribution in [2.75, 3.05) is 38.5 Å². The number of hydrogen-bond acceptors (Lipinski definition) is 2. The molecule has 2 N–H and O–H groups in total. The number of nitrogens with zero attached hydrogens (tertiary/aromatic N) is 1. The third-order valence-electron chi connectivity index (χ3n) is 3.16. The molecule has 0 spiro atoms. The number of anilines is 1. The van der Waals surface area contributed by atoms with Gasteiger partial charge in [-0.15, -0.1) is 0 Å². The molecule has 2 amide bonds. The van der Waals surface area contributed by atoms with Crippen LogP contribution in [0.3, 0.4) is 0 Å². The van der Waals surface area contributed by atoms with E-state index >= 15 is 0 Å². The number of hydrogen-bond donors (Lipinski definition) is 2. The second-order valence-corrected chi connectivity index (χ2v) is 5.37. The molecule has 0 fully saturated rings. The molecule has 1 atom stereocenters. The quantitative estimate of drug-likeness (QED) is 0.777. The molecule has 6 heteroatoms. The summed E-state index contributed by atoms with van der Waals surface area (Å²) in [5, 5.41) is 3.41. The third kappa shape index (κ3) is 6.14. The second kappa shape index (κ2) is 8.64. The van der Waals surface area contributed by atoms with Crippen LogP contribution in [-0.2, 0) is 9.59 Å². The fourth-order valence-corrected chi connectivity index (χ4v) is 2.15. The predicted molar refractivity (Wildman–Crippen MR) is 84.6 cm³/mol. The van der Waals surface area contributed by atoms with Crippen molar-refractivity contribution in [1.82, 2.24) is 4.90 Å². The van der Waals surface area contributed by atoms with Crippen molar-refractivity contribution in [2.45, 2.75) is 13.8 Å². The van der Waals surface area contributed by atoms with E-state index < -0.39 is 0 Å². The van der Waals surface area contributed by atoms with Crippen LogP contribution in [-0.4, -0.2) is 49.9 Å². The molecule has 1 aromatic rings. The molecule has 0 aliphatic heterocycles. The monoisotopic (exact) mass is 312 g/mol. The number of quaternary nitrogens is 1. The summed E-state index contributed by atoms with van der Waals surface area (Å²) in [4.78, 5) is 26.5. The van der Waals surface area contributed by atoms with Crippen molar-refractivity contribution in [3.05, 3.63) is 29.3 Å². The van der Waals surface area contributed by atoms with Gasteiger partial charge in [0.25, 0.3) is 11.8 Å². The van der Waals surface area contributed by atoms with E-state index in [4.69, 9.17) is 11.6 Å². The van der Waals surface area contributed by atoms with Crippen LogP contribution < -0.4 is 10.2 Å². The van der Waals surface area contributed by atoms with Crippen LogP contribution in [0.2, 0.25) is 5.02 Å². The van der Waals surface area contributed by atoms with Gasteiger partial charge in [-0.3, -0.25) is 9.59 Å². The van der Waals surface area contributed by atoms with Crippen LogP contribution in [0.25, 0.3) is 0 Å². The third-order valence-corrected chi connectivity index (χ3v) is 3.41. The highest BCUT2D eigenvalue weighted by Gasteiger charge is 2.17. The van der Waals surface area contributed by atoms with Gasteiger partial charge in [0.15, 0.2) is 13.1 Å². The Balaban J connectivity index is 2.43. The molecule has 0 bridgehead atoms. The minimum absolute atomic E-state index is 0.0665. The molecule has 0 aliphatic carbocycles. The van der Waals surface area contributed by atoms with Crippen LogP contribution in [0.4, 0.5) is 5.69 Å². The SMILES string of the molecule is CCN(CC)C(=O)C[NH+](C)CC(=O)Nc1ccc(Cl)cc1. The first kappa shape index (κ1) is 17.5. The van der Waals surface area contributed by atoms with Gasteiger partial charge in [0.1, 0.15) is 0 Å². The smallest absolute Gasteiger partial charge is 0.279 e. The molecule has 0 heterocycles. The highest BCUT2D eigenvalue weighted by atomic mass is 35.5. The van der Waals surface area contributed by atoms with E-state index in [0.717, 1.165) is 4.90 Å². The van der Waals surface area contributed by atoms with E-state index in [1.54, 1.807) is 29.2 Å². The summed E-state index contributed by atoms with van der Waals surface area (Å²) >= 11 is 5.79. The van der Waals surface area contributed by atoms with Gasteiger partial charge in [-0.1, -0.05) is 11.6 Å². The second-order valence-electron chi connectivity index (χ2n) is 4.93. The maximum atomic E-state index is 12.0. The number of halogens is 1. The predicted octanol–water partition coefficient (Wildman–Crippen LogP) is 0.662. The van der Waals surface area contributed by atoms with Gasteiger partial charge < -0.3 is 15.1 Å². The summed E-state index contributed by atoms with van der Waals surface area (Å²) in [6.45, 7) is 5.85. The normalized spacial score (nSPS) is 11.8. The largest absolute Gasteiger partial charge is 0.338 e. The molecule has 1 aromatic carbocycles. The van der Waals surface area contributed by atoms with Gasteiger partial charge in [-0.2, -0.15) is 0 Å². The number of rotatable bonds is 7. The van der Waals surface area contributed by atoms with E-state index in [-0.39, 0.29) is 18.4 Å². The summed E-state index contributed by atoms with van der Waals surface area (Å²) in [7, 11) is 1.84. The molecular formula is C15H23ClN3O2+. The van der Waals surface area contributed by atoms with Crippen molar-refractivity contribution >= 4 is 29.1 Å². The lowest BCUT2D eigenvalue weighted by molar-refractivity contribution is -0.862. The summed E-state index contributed by atoms with van der Waals surface area (Å²) in [6, 6.07) is 6.93. The molecule has 0 saturated heterocycles. The van der Waals surface area contributed by atoms with Crippen LogP contribution in [0, 0.1) is 0 Å². The van der Waals surface area contributed by atoms with Gasteiger partial charge in [-0.25, -0.2) is 0 Å². The van der Waals surface area contributed by atoms with Gasteiger partial charge in [0.05, 0.1) is 7.05 Å². The minimum Gasteiger partial charge on any atom is -0.338 e. The molecule has 21 heavy (non-hydrogen) atoms. The molecule has 5 nitrogen and oxygen atoms in total. The van der Waals surface area contributed by atoms with Crippen LogP contribution in [0.1, 0.15) is 13.8 Å². The zero-order valence-corrected chi connectivity index (χ0v) is 13.5. The van der Waals surface area contributed by atoms with Crippen LogP contribution in [0.15, 0.2) is 24.3 Å². The van der Waals surface area contributed by atoms with Crippen molar-refractivity contribution in [3.8, 4) is 0 Å². The summed E-state index contributed by atoms with van der Waals surface area (Å²) in [5.74, 6) is -0.0565. The number of nitrogens with one attached hydrogen (secondary N) is 2. The molecular weight excluding hydrogens is 290 g/mol. The van der Waals surface area contributed by atoms with Gasteiger partial charge in [0.2, 0.25) is 0 Å². The van der Waals surface area contributed by atoms with Crippen LogP contribution in [0.5, 0.6) is 0 Å². The Bertz CT molecular complexity index is 472. The summed E-state index contributed by atoms with van der Waals surface area (Å²) < 4.78 is 0. The molecule has 0 aliphatic rings. The Morgan fingerprint density at radius 2 is 1.71 bits per heavy atom. The highest BCUT2D eigenvalue weighted by Crippen LogP contribution is 2.12. The summed E-state index contributed by atoms with van der Waals surface area (Å²) in [5.41, 5.74) is 0.701. The first-order valence-electron chi connectivity index (χ1n) is 7.10. The van der Waals surface area contributed by atoms with Crippen molar-refractivity contribution in [2.24, 2.45) is 0 Å². The number of likely N-dealkylation sites (N-methyl/N-ethyl adjacent to an activating group) is 2. The van der Waals surface area contributed by atoms with Gasteiger partial charge in [-0.05, 0) is 38.1 Å². The van der Waals surface area contributed by atoms with E-state index in [9.17, 15) is 9.59 Å². The average molecular weight is 313 g/mol. The van der Waals surface area contributed by atoms with Crippen molar-refractivity contribution < 1.29 is 14.5 Å². The van der Waals surface area contributed by atoms with E-state index in [1.807, 2.05) is 20.9 Å². The van der Waals surface area contributed by atoms with Crippen molar-refractivity contribution in [1.29, 1.82) is 0 Å². The summed E-state index contributed by atoms with van der Waals surface area (Å²) in [6.07, 6.45) is 0. The van der Waals surface area contributed by atoms with E-state index in [1.165, 1.54) is 0 Å². The standard InChI is InChI=1S/C15H22ClN3O2/c1-4-19(5-2)15(21)11-18(3)10-14(20)17-13-8-6-12(16)7-9-13/h6-9H,4-5,10-11H2,1-3H3,(H,17,20)/p+1. The number of amides is 2. The number of benzene rings is 1. The zero-order valence-electron chi connectivity index (χ0n) is 12.8. The molecule has 0 radical (unpaired) electrons. The Hall–Kier alpha value is -1.59. The average Bonchev–Trinajstić information content (AvgIpc) is 2.42. The molecule has 0 aromatic heterocycles. The fraction of sp³-hybridized carbons (Fsp3) is 0.467. The van der Waals surface area contributed by atoms with Crippen LogP contribution >= 0.6 is 11.6 Å². The molecule has 1 rings (SSSR count). The molecule has 0 saturated carbocycles. The lowest BCUT2D eigenvalue weighted by Crippen LogP contribution is -3.11. The van der Waals surface area contributed by atoms with Crippen molar-refractivity contribution in [3.63, 3.8) is 0 Å². The number of carbonyl (C=O) groups excluding carboxylic acids is 2. The Kier molecular flexibility index (Phi) is 7.19. The lowest BCUT2D eigenvalue weighted by atomic mass is 10.3. The first-order valence-corrected chi connectivity index (χ1v) is 7.48. The minimum atomic E-state index is -0.123. The molecule has 1 unspecified atom stereocenters. The van der Waals surface area contributed by atoms with E-state index in [0.29, 0.717) is 30.3 Å². The van der Waals surface area contributed by atoms with Gasteiger partial charge >= 0.3 is 0 Å². The molecule has 116 valence electrons. The zero-order chi connectivity index (χ0) is 15.8. The highest BCUT2D eigenvalue weighted by molar-refractivity contribution is 6.30. The topological polar surface area (TPSA) is 53.9 Å².